The van der Waals surface area contributed by atoms with Gasteiger partial charge < -0.3 is 14.5 Å². The van der Waals surface area contributed by atoms with Crippen LogP contribution in [0.3, 0.4) is 0 Å². The van der Waals surface area contributed by atoms with Crippen LogP contribution in [0, 0.1) is 0 Å². The normalized spacial score (nSPS) is 25.3. The average molecular weight is 345 g/mol. The second-order valence-electron chi connectivity index (χ2n) is 7.26. The number of rotatable bonds is 5. The SMILES string of the molecule is CC[C@@H]1CN(Cc2ccccc2)[C@H](CN2CCCC2)CN1C(=O)OC. The molecule has 25 heavy (non-hydrogen) atoms. The van der Waals surface area contributed by atoms with Crippen molar-refractivity contribution in [3.63, 3.8) is 0 Å². The third-order valence-corrected chi connectivity index (χ3v) is 5.59. The van der Waals surface area contributed by atoms with Crippen LogP contribution in [0.2, 0.25) is 0 Å². The van der Waals surface area contributed by atoms with E-state index in [2.05, 4.69) is 47.1 Å². The highest BCUT2D eigenvalue weighted by atomic mass is 16.5. The lowest BCUT2D eigenvalue weighted by molar-refractivity contribution is 0.00956. The Hall–Kier alpha value is -1.59. The van der Waals surface area contributed by atoms with E-state index < -0.39 is 0 Å². The van der Waals surface area contributed by atoms with Crippen molar-refractivity contribution in [1.29, 1.82) is 0 Å². The van der Waals surface area contributed by atoms with E-state index in [1.807, 2.05) is 4.90 Å². The van der Waals surface area contributed by atoms with Crippen molar-refractivity contribution >= 4 is 6.09 Å². The van der Waals surface area contributed by atoms with Gasteiger partial charge in [-0.1, -0.05) is 37.3 Å². The van der Waals surface area contributed by atoms with E-state index >= 15 is 0 Å². The molecule has 1 aromatic rings. The number of carbonyl (C=O) groups is 1. The highest BCUT2D eigenvalue weighted by Crippen LogP contribution is 2.23. The molecule has 2 atom stereocenters. The zero-order valence-electron chi connectivity index (χ0n) is 15.6. The van der Waals surface area contributed by atoms with Crippen molar-refractivity contribution in [1.82, 2.24) is 14.7 Å². The maximum absolute atomic E-state index is 12.3. The van der Waals surface area contributed by atoms with Crippen LogP contribution in [-0.2, 0) is 11.3 Å². The van der Waals surface area contributed by atoms with Gasteiger partial charge >= 0.3 is 6.09 Å². The average Bonchev–Trinajstić information content (AvgIpc) is 3.16. The van der Waals surface area contributed by atoms with Gasteiger partial charge in [-0.3, -0.25) is 4.90 Å². The Morgan fingerprint density at radius 1 is 1.12 bits per heavy atom. The molecule has 2 aliphatic rings. The fourth-order valence-corrected chi connectivity index (χ4v) is 4.15. The molecule has 3 rings (SSSR count). The van der Waals surface area contributed by atoms with Crippen LogP contribution < -0.4 is 0 Å². The van der Waals surface area contributed by atoms with Gasteiger partial charge in [0.15, 0.2) is 0 Å². The van der Waals surface area contributed by atoms with Crippen molar-refractivity contribution in [2.75, 3.05) is 39.8 Å². The van der Waals surface area contributed by atoms with E-state index in [1.54, 1.807) is 0 Å². The zero-order chi connectivity index (χ0) is 17.6. The number of likely N-dealkylation sites (tertiary alicyclic amines) is 1. The van der Waals surface area contributed by atoms with Crippen molar-refractivity contribution in [2.24, 2.45) is 0 Å². The van der Waals surface area contributed by atoms with Gasteiger partial charge in [0, 0.05) is 38.3 Å². The molecule has 1 amide bonds. The van der Waals surface area contributed by atoms with Gasteiger partial charge in [0.25, 0.3) is 0 Å². The topological polar surface area (TPSA) is 36.0 Å². The van der Waals surface area contributed by atoms with E-state index in [1.165, 1.54) is 38.6 Å². The quantitative estimate of drug-likeness (QED) is 0.822. The first kappa shape index (κ1) is 18.2. The second kappa shape index (κ2) is 8.68. The number of methoxy groups -OCH3 is 1. The van der Waals surface area contributed by atoms with Crippen molar-refractivity contribution in [2.45, 2.75) is 44.8 Å². The lowest BCUT2D eigenvalue weighted by Crippen LogP contribution is -2.61. The number of amides is 1. The Labute approximate surface area is 151 Å². The van der Waals surface area contributed by atoms with Gasteiger partial charge in [0.05, 0.1) is 7.11 Å². The van der Waals surface area contributed by atoms with E-state index in [-0.39, 0.29) is 12.1 Å². The molecule has 0 N–H and O–H groups in total. The molecule has 2 fully saturated rings. The minimum atomic E-state index is -0.183. The molecule has 0 saturated carbocycles. The third-order valence-electron chi connectivity index (χ3n) is 5.59. The van der Waals surface area contributed by atoms with Gasteiger partial charge in [0.2, 0.25) is 0 Å². The smallest absolute Gasteiger partial charge is 0.409 e. The fourth-order valence-electron chi connectivity index (χ4n) is 4.15. The van der Waals surface area contributed by atoms with Crippen molar-refractivity contribution < 1.29 is 9.53 Å². The van der Waals surface area contributed by atoms with E-state index in [4.69, 9.17) is 4.74 Å². The number of hydrogen-bond donors (Lipinski definition) is 0. The number of hydrogen-bond acceptors (Lipinski definition) is 4. The molecule has 138 valence electrons. The van der Waals surface area contributed by atoms with Crippen molar-refractivity contribution in [3.8, 4) is 0 Å². The maximum atomic E-state index is 12.3. The molecule has 5 heteroatoms. The van der Waals surface area contributed by atoms with E-state index in [9.17, 15) is 4.79 Å². The van der Waals surface area contributed by atoms with E-state index in [0.717, 1.165) is 32.6 Å². The van der Waals surface area contributed by atoms with Gasteiger partial charge in [-0.25, -0.2) is 4.79 Å². The minimum absolute atomic E-state index is 0.183. The highest BCUT2D eigenvalue weighted by Gasteiger charge is 2.37. The van der Waals surface area contributed by atoms with Crippen LogP contribution in [0.5, 0.6) is 0 Å². The highest BCUT2D eigenvalue weighted by molar-refractivity contribution is 5.68. The summed E-state index contributed by atoms with van der Waals surface area (Å²) in [5, 5.41) is 0. The Balaban J connectivity index is 1.75. The Kier molecular flexibility index (Phi) is 6.32. The number of carbonyl (C=O) groups excluding carboxylic acids is 1. The summed E-state index contributed by atoms with van der Waals surface area (Å²) < 4.78 is 5.05. The number of benzene rings is 1. The fraction of sp³-hybridized carbons (Fsp3) is 0.650. The van der Waals surface area contributed by atoms with Crippen LogP contribution in [0.1, 0.15) is 31.7 Å². The largest absolute Gasteiger partial charge is 0.453 e. The summed E-state index contributed by atoms with van der Waals surface area (Å²) in [7, 11) is 1.49. The van der Waals surface area contributed by atoms with E-state index in [0.29, 0.717) is 6.04 Å². The molecule has 0 aliphatic carbocycles. The summed E-state index contributed by atoms with van der Waals surface area (Å²) in [4.78, 5) is 19.3. The summed E-state index contributed by atoms with van der Waals surface area (Å²) in [5.74, 6) is 0. The summed E-state index contributed by atoms with van der Waals surface area (Å²) in [6.07, 6.45) is 3.36. The first-order chi connectivity index (χ1) is 12.2. The van der Waals surface area contributed by atoms with Crippen LogP contribution in [0.25, 0.3) is 0 Å². The number of ether oxygens (including phenoxy) is 1. The van der Waals surface area contributed by atoms with Gasteiger partial charge in [-0.2, -0.15) is 0 Å². The molecule has 0 unspecified atom stereocenters. The minimum Gasteiger partial charge on any atom is -0.453 e. The molecular weight excluding hydrogens is 314 g/mol. The van der Waals surface area contributed by atoms with Gasteiger partial charge in [-0.05, 0) is 37.9 Å². The molecule has 2 heterocycles. The van der Waals surface area contributed by atoms with Crippen LogP contribution >= 0.6 is 0 Å². The predicted molar refractivity (Wildman–Crippen MR) is 99.5 cm³/mol. The lowest BCUT2D eigenvalue weighted by atomic mass is 10.0. The zero-order valence-corrected chi connectivity index (χ0v) is 15.6. The van der Waals surface area contributed by atoms with Gasteiger partial charge in [0.1, 0.15) is 0 Å². The summed E-state index contributed by atoms with van der Waals surface area (Å²) in [5.41, 5.74) is 1.34. The molecular formula is C20H31N3O2. The first-order valence-electron chi connectivity index (χ1n) is 9.56. The molecule has 0 aromatic heterocycles. The third kappa shape index (κ3) is 4.53. The molecule has 1 aromatic carbocycles. The summed E-state index contributed by atoms with van der Waals surface area (Å²) in [6.45, 7) is 8.19. The molecule has 0 radical (unpaired) electrons. The summed E-state index contributed by atoms with van der Waals surface area (Å²) >= 11 is 0. The Morgan fingerprint density at radius 3 is 2.48 bits per heavy atom. The predicted octanol–water partition coefficient (Wildman–Crippen LogP) is 2.81. The molecule has 0 bridgehead atoms. The van der Waals surface area contributed by atoms with Crippen molar-refractivity contribution in [3.05, 3.63) is 35.9 Å². The molecule has 5 nitrogen and oxygen atoms in total. The van der Waals surface area contributed by atoms with Gasteiger partial charge in [-0.15, -0.1) is 0 Å². The lowest BCUT2D eigenvalue weighted by Gasteiger charge is -2.46. The first-order valence-corrected chi connectivity index (χ1v) is 9.56. The number of piperazine rings is 1. The van der Waals surface area contributed by atoms with Crippen LogP contribution in [0.4, 0.5) is 4.79 Å². The Bertz CT molecular complexity index is 545. The molecule has 2 aliphatic heterocycles. The Morgan fingerprint density at radius 2 is 1.84 bits per heavy atom. The molecule has 0 spiro atoms. The second-order valence-corrected chi connectivity index (χ2v) is 7.26. The van der Waals surface area contributed by atoms with Crippen LogP contribution in [-0.4, -0.2) is 72.7 Å². The summed E-state index contributed by atoms with van der Waals surface area (Å²) in [6, 6.07) is 11.3. The number of nitrogens with zero attached hydrogens (tertiary/aromatic N) is 3. The monoisotopic (exact) mass is 345 g/mol. The maximum Gasteiger partial charge on any atom is 0.409 e. The van der Waals surface area contributed by atoms with Crippen LogP contribution in [0.15, 0.2) is 30.3 Å². The standard InChI is InChI=1S/C20H31N3O2/c1-3-18-15-22(13-17-9-5-4-6-10-17)19(14-21-11-7-8-12-21)16-23(18)20(24)25-2/h4-6,9-10,18-19H,3,7-8,11-16H2,1-2H3/t18-,19-/m1/s1. The molecule has 2 saturated heterocycles.